The molecule has 1 heterocycles. The summed E-state index contributed by atoms with van der Waals surface area (Å²) in [6.45, 7) is 2.45. The average molecular weight is 191 g/mol. The number of guanidine groups is 1. The van der Waals surface area contributed by atoms with E-state index >= 15 is 0 Å². The van der Waals surface area contributed by atoms with Crippen molar-refractivity contribution in [1.82, 2.24) is 10.6 Å². The van der Waals surface area contributed by atoms with E-state index in [-0.39, 0.29) is 0 Å². The van der Waals surface area contributed by atoms with Gasteiger partial charge >= 0.3 is 0 Å². The number of fused-ring (bicyclic) bond motifs is 1. The summed E-state index contributed by atoms with van der Waals surface area (Å²) in [7, 11) is 0. The fraction of sp³-hybridized carbons (Fsp3) is 0.727. The molecule has 0 aromatic heterocycles. The second-order valence-corrected chi connectivity index (χ2v) is 3.88. The van der Waals surface area contributed by atoms with Crippen molar-refractivity contribution in [3.8, 4) is 11.8 Å². The highest BCUT2D eigenvalue weighted by Crippen LogP contribution is 2.21. The summed E-state index contributed by atoms with van der Waals surface area (Å²) in [4.78, 5) is 4.36. The molecule has 0 aromatic rings. The van der Waals surface area contributed by atoms with Gasteiger partial charge in [0, 0.05) is 12.1 Å². The maximum Gasteiger partial charge on any atom is 0.192 e. The molecule has 1 saturated carbocycles. The minimum Gasteiger partial charge on any atom is -0.352 e. The Bertz CT molecular complexity index is 269. The Kier molecular flexibility index (Phi) is 2.93. The molecule has 0 bridgehead atoms. The van der Waals surface area contributed by atoms with Crippen molar-refractivity contribution in [3.05, 3.63) is 0 Å². The molecule has 2 N–H and O–H groups in total. The van der Waals surface area contributed by atoms with Crippen molar-refractivity contribution in [2.24, 2.45) is 4.99 Å². The van der Waals surface area contributed by atoms with Crippen LogP contribution in [-0.4, -0.2) is 24.6 Å². The fourth-order valence-electron chi connectivity index (χ4n) is 2.16. The molecule has 1 aliphatic heterocycles. The largest absolute Gasteiger partial charge is 0.352 e. The van der Waals surface area contributed by atoms with Gasteiger partial charge in [0.25, 0.3) is 0 Å². The molecular formula is C11H17N3. The van der Waals surface area contributed by atoms with Gasteiger partial charge in [0.05, 0.1) is 0 Å². The van der Waals surface area contributed by atoms with Crippen molar-refractivity contribution < 1.29 is 0 Å². The zero-order valence-electron chi connectivity index (χ0n) is 8.64. The van der Waals surface area contributed by atoms with Crippen molar-refractivity contribution in [2.75, 3.05) is 6.54 Å². The van der Waals surface area contributed by atoms with Gasteiger partial charge in [-0.15, -0.1) is 5.92 Å². The minimum absolute atomic E-state index is 0.602. The summed E-state index contributed by atoms with van der Waals surface area (Å²) in [6.07, 6.45) is 5.24. The van der Waals surface area contributed by atoms with Crippen molar-refractivity contribution in [3.63, 3.8) is 0 Å². The Hall–Kier alpha value is -1.17. The van der Waals surface area contributed by atoms with Crippen LogP contribution in [0.25, 0.3) is 0 Å². The highest BCUT2D eigenvalue weighted by atomic mass is 15.3. The standard InChI is InChI=1S/C11H17N3/c1-2-3-8-12-11-13-9-6-4-5-7-10(9)14-11/h9-10H,4-8H2,1H3,(H2,12,13,14). The van der Waals surface area contributed by atoms with E-state index in [1.165, 1.54) is 25.7 Å². The summed E-state index contributed by atoms with van der Waals surface area (Å²) < 4.78 is 0. The van der Waals surface area contributed by atoms with Gasteiger partial charge in [-0.3, -0.25) is 0 Å². The van der Waals surface area contributed by atoms with E-state index in [1.54, 1.807) is 0 Å². The van der Waals surface area contributed by atoms with E-state index in [0.29, 0.717) is 18.6 Å². The van der Waals surface area contributed by atoms with Gasteiger partial charge in [-0.2, -0.15) is 0 Å². The lowest BCUT2D eigenvalue weighted by molar-refractivity contribution is 0.374. The molecule has 1 saturated heterocycles. The van der Waals surface area contributed by atoms with Gasteiger partial charge in [-0.05, 0) is 19.8 Å². The number of hydrogen-bond donors (Lipinski definition) is 2. The van der Waals surface area contributed by atoms with E-state index in [0.717, 1.165) is 5.96 Å². The Morgan fingerprint density at radius 1 is 1.29 bits per heavy atom. The van der Waals surface area contributed by atoms with Gasteiger partial charge in [-0.25, -0.2) is 4.99 Å². The lowest BCUT2D eigenvalue weighted by Crippen LogP contribution is -2.36. The first kappa shape index (κ1) is 9.39. The fourth-order valence-corrected chi connectivity index (χ4v) is 2.16. The maximum absolute atomic E-state index is 4.36. The quantitative estimate of drug-likeness (QED) is 0.603. The Morgan fingerprint density at radius 2 is 1.93 bits per heavy atom. The topological polar surface area (TPSA) is 36.4 Å². The van der Waals surface area contributed by atoms with Crippen LogP contribution >= 0.6 is 0 Å². The smallest absolute Gasteiger partial charge is 0.192 e. The first-order valence-corrected chi connectivity index (χ1v) is 5.37. The molecule has 2 atom stereocenters. The molecule has 0 aromatic carbocycles. The maximum atomic E-state index is 4.36. The molecule has 3 nitrogen and oxygen atoms in total. The van der Waals surface area contributed by atoms with Crippen LogP contribution in [0.5, 0.6) is 0 Å². The summed E-state index contributed by atoms with van der Waals surface area (Å²) in [5.41, 5.74) is 0. The van der Waals surface area contributed by atoms with Gasteiger partial charge in [0.1, 0.15) is 6.54 Å². The molecule has 1 aliphatic carbocycles. The zero-order chi connectivity index (χ0) is 9.80. The van der Waals surface area contributed by atoms with Gasteiger partial charge < -0.3 is 10.6 Å². The van der Waals surface area contributed by atoms with Gasteiger partial charge in [0.15, 0.2) is 5.96 Å². The number of hydrogen-bond acceptors (Lipinski definition) is 1. The summed E-state index contributed by atoms with van der Waals surface area (Å²) in [6, 6.07) is 1.22. The van der Waals surface area contributed by atoms with E-state index in [9.17, 15) is 0 Å². The molecule has 0 amide bonds. The molecule has 2 unspecified atom stereocenters. The van der Waals surface area contributed by atoms with Crippen LogP contribution in [0.3, 0.4) is 0 Å². The van der Waals surface area contributed by atoms with Crippen LogP contribution in [-0.2, 0) is 0 Å². The van der Waals surface area contributed by atoms with Crippen LogP contribution in [0.2, 0.25) is 0 Å². The normalized spacial score (nSPS) is 29.4. The zero-order valence-corrected chi connectivity index (χ0v) is 8.64. The van der Waals surface area contributed by atoms with Crippen molar-refractivity contribution in [2.45, 2.75) is 44.7 Å². The molecule has 0 radical (unpaired) electrons. The van der Waals surface area contributed by atoms with Crippen LogP contribution in [0.15, 0.2) is 4.99 Å². The van der Waals surface area contributed by atoms with Gasteiger partial charge in [-0.1, -0.05) is 18.8 Å². The van der Waals surface area contributed by atoms with E-state index in [1.807, 2.05) is 6.92 Å². The third-order valence-electron chi connectivity index (χ3n) is 2.90. The molecule has 76 valence electrons. The predicted octanol–water partition coefficient (Wildman–Crippen LogP) is 0.870. The van der Waals surface area contributed by atoms with Crippen LogP contribution in [0, 0.1) is 11.8 Å². The molecule has 2 rings (SSSR count). The molecule has 0 spiro atoms. The summed E-state index contributed by atoms with van der Waals surface area (Å²) in [5, 5.41) is 6.85. The Balaban J connectivity index is 1.91. The van der Waals surface area contributed by atoms with Crippen LogP contribution in [0.1, 0.15) is 32.6 Å². The monoisotopic (exact) mass is 191 g/mol. The van der Waals surface area contributed by atoms with Crippen LogP contribution in [0.4, 0.5) is 0 Å². The SMILES string of the molecule is CC#CCN=C1NC2CCCCC2N1. The first-order chi connectivity index (χ1) is 6.90. The Labute approximate surface area is 85.4 Å². The lowest BCUT2D eigenvalue weighted by atomic mass is 9.92. The van der Waals surface area contributed by atoms with E-state index in [2.05, 4.69) is 27.5 Å². The number of rotatable bonds is 1. The number of nitrogens with one attached hydrogen (secondary N) is 2. The second kappa shape index (κ2) is 4.36. The highest BCUT2D eigenvalue weighted by molar-refractivity contribution is 5.83. The lowest BCUT2D eigenvalue weighted by Gasteiger charge is -2.23. The molecule has 2 aliphatic rings. The third kappa shape index (κ3) is 2.01. The highest BCUT2D eigenvalue weighted by Gasteiger charge is 2.31. The van der Waals surface area contributed by atoms with Gasteiger partial charge in [0.2, 0.25) is 0 Å². The van der Waals surface area contributed by atoms with Crippen molar-refractivity contribution in [1.29, 1.82) is 0 Å². The second-order valence-electron chi connectivity index (χ2n) is 3.88. The number of nitrogens with zero attached hydrogens (tertiary/aromatic N) is 1. The Morgan fingerprint density at radius 3 is 2.50 bits per heavy atom. The van der Waals surface area contributed by atoms with Crippen LogP contribution < -0.4 is 10.6 Å². The molecular weight excluding hydrogens is 174 g/mol. The summed E-state index contributed by atoms with van der Waals surface area (Å²) in [5.74, 6) is 6.73. The number of aliphatic imine (C=N–C) groups is 1. The predicted molar refractivity (Wildman–Crippen MR) is 58.1 cm³/mol. The minimum atomic E-state index is 0.602. The van der Waals surface area contributed by atoms with E-state index in [4.69, 9.17) is 0 Å². The molecule has 3 heteroatoms. The molecule has 14 heavy (non-hydrogen) atoms. The van der Waals surface area contributed by atoms with Crippen molar-refractivity contribution >= 4 is 5.96 Å². The van der Waals surface area contributed by atoms with E-state index < -0.39 is 0 Å². The molecule has 2 fully saturated rings. The average Bonchev–Trinajstić information content (AvgIpc) is 2.60. The third-order valence-corrected chi connectivity index (χ3v) is 2.90. The summed E-state index contributed by atoms with van der Waals surface area (Å²) >= 11 is 0. The first-order valence-electron chi connectivity index (χ1n) is 5.37.